The van der Waals surface area contributed by atoms with Gasteiger partial charge in [-0.15, -0.1) is 6.58 Å². The van der Waals surface area contributed by atoms with E-state index >= 15 is 0 Å². The van der Waals surface area contributed by atoms with Gasteiger partial charge in [-0.2, -0.15) is 13.2 Å². The van der Waals surface area contributed by atoms with E-state index in [4.69, 9.17) is 19.0 Å². The number of ether oxygens (including phenoxy) is 3. The Labute approximate surface area is 183 Å². The van der Waals surface area contributed by atoms with Crippen molar-refractivity contribution in [1.29, 1.82) is 0 Å². The van der Waals surface area contributed by atoms with Crippen molar-refractivity contribution in [2.75, 3.05) is 33.5 Å². The van der Waals surface area contributed by atoms with Gasteiger partial charge in [-0.25, -0.2) is 5.06 Å². The molecule has 0 radical (unpaired) electrons. The predicted octanol–water partition coefficient (Wildman–Crippen LogP) is 3.55. The summed E-state index contributed by atoms with van der Waals surface area (Å²) in [5.74, 6) is -2.88. The highest BCUT2D eigenvalue weighted by molar-refractivity contribution is 5.91. The molecule has 32 heavy (non-hydrogen) atoms. The molecule has 0 atom stereocenters. The highest BCUT2D eigenvalue weighted by atomic mass is 19.4. The summed E-state index contributed by atoms with van der Waals surface area (Å²) >= 11 is 0. The molecular formula is C22H23F3N2O5. The minimum absolute atomic E-state index is 0.144. The molecule has 1 aromatic carbocycles. The average Bonchev–Trinajstić information content (AvgIpc) is 3.27. The van der Waals surface area contributed by atoms with Crippen LogP contribution in [0.25, 0.3) is 0 Å². The molecule has 0 saturated carbocycles. The topological polar surface area (TPSA) is 70.1 Å². The number of benzene rings is 1. The summed E-state index contributed by atoms with van der Waals surface area (Å²) < 4.78 is 54.6. The Bertz CT molecular complexity index is 928. The van der Waals surface area contributed by atoms with E-state index in [1.165, 1.54) is 19.3 Å². The van der Waals surface area contributed by atoms with E-state index in [-0.39, 0.29) is 31.3 Å². The first-order valence-electron chi connectivity index (χ1n) is 9.77. The van der Waals surface area contributed by atoms with Gasteiger partial charge >= 0.3 is 12.0 Å². The predicted molar refractivity (Wildman–Crippen MR) is 108 cm³/mol. The molecule has 7 nitrogen and oxygen atoms in total. The Morgan fingerprint density at radius 2 is 1.91 bits per heavy atom. The molecule has 0 unspecified atom stereocenters. The van der Waals surface area contributed by atoms with Crippen LogP contribution < -0.4 is 4.74 Å². The number of alkyl halides is 3. The molecule has 3 rings (SSSR count). The SMILES string of the molecule is C=CCON(C)C(=O)c1cc(Cc2ccc(OCC3(C(F)(F)F)OCCO3)cc2)ccn1. The second kappa shape index (κ2) is 10.1. The third-order valence-corrected chi connectivity index (χ3v) is 4.66. The molecule has 0 N–H and O–H groups in total. The number of hydrogen-bond donors (Lipinski definition) is 0. The Morgan fingerprint density at radius 3 is 2.53 bits per heavy atom. The van der Waals surface area contributed by atoms with Crippen LogP contribution in [0.15, 0.2) is 55.3 Å². The number of carbonyl (C=O) groups is 1. The summed E-state index contributed by atoms with van der Waals surface area (Å²) in [5.41, 5.74) is 1.93. The molecule has 1 fully saturated rings. The molecule has 2 aromatic rings. The van der Waals surface area contributed by atoms with E-state index in [0.717, 1.165) is 16.2 Å². The van der Waals surface area contributed by atoms with Crippen LogP contribution in [0.5, 0.6) is 5.75 Å². The number of carbonyl (C=O) groups excluding carboxylic acids is 1. The molecular weight excluding hydrogens is 429 g/mol. The van der Waals surface area contributed by atoms with Gasteiger partial charge in [0.2, 0.25) is 0 Å². The van der Waals surface area contributed by atoms with Crippen molar-refractivity contribution < 1.29 is 37.0 Å². The van der Waals surface area contributed by atoms with Gasteiger partial charge in [-0.1, -0.05) is 18.2 Å². The van der Waals surface area contributed by atoms with Crippen molar-refractivity contribution in [2.24, 2.45) is 0 Å². The number of nitrogens with zero attached hydrogens (tertiary/aromatic N) is 2. The van der Waals surface area contributed by atoms with E-state index < -0.39 is 24.5 Å². The number of rotatable bonds is 9. The van der Waals surface area contributed by atoms with Crippen molar-refractivity contribution in [3.63, 3.8) is 0 Å². The number of aromatic nitrogens is 1. The van der Waals surface area contributed by atoms with Crippen LogP contribution in [0.2, 0.25) is 0 Å². The number of amides is 1. The van der Waals surface area contributed by atoms with Gasteiger partial charge in [0.1, 0.15) is 11.4 Å². The molecule has 1 aliphatic rings. The zero-order valence-electron chi connectivity index (χ0n) is 17.4. The number of hydroxylamine groups is 2. The first-order valence-corrected chi connectivity index (χ1v) is 9.77. The lowest BCUT2D eigenvalue weighted by atomic mass is 10.1. The quantitative estimate of drug-likeness (QED) is 0.428. The minimum atomic E-state index is -4.70. The first-order chi connectivity index (χ1) is 15.2. The van der Waals surface area contributed by atoms with Crippen LogP contribution in [-0.4, -0.2) is 61.4 Å². The summed E-state index contributed by atoms with van der Waals surface area (Å²) in [6, 6.07) is 10.0. The second-order valence-corrected chi connectivity index (χ2v) is 6.99. The van der Waals surface area contributed by atoms with Crippen LogP contribution >= 0.6 is 0 Å². The molecule has 0 spiro atoms. The van der Waals surface area contributed by atoms with E-state index in [0.29, 0.717) is 6.42 Å². The molecule has 0 aliphatic carbocycles. The molecule has 10 heteroatoms. The van der Waals surface area contributed by atoms with E-state index in [9.17, 15) is 18.0 Å². The fourth-order valence-corrected chi connectivity index (χ4v) is 2.99. The lowest BCUT2D eigenvalue weighted by Crippen LogP contribution is -2.51. The van der Waals surface area contributed by atoms with E-state index in [1.54, 1.807) is 36.4 Å². The summed E-state index contributed by atoms with van der Waals surface area (Å²) in [6.07, 6.45) is -1.17. The van der Waals surface area contributed by atoms with Crippen molar-refractivity contribution in [2.45, 2.75) is 18.4 Å². The number of pyridine rings is 1. The number of halogens is 3. The maximum atomic E-state index is 13.3. The molecule has 0 bridgehead atoms. The van der Waals surface area contributed by atoms with Crippen LogP contribution in [-0.2, 0) is 20.7 Å². The standard InChI is InChI=1S/C22H23F3N2O5/c1-3-10-32-27(2)20(28)19-14-17(8-9-26-19)13-16-4-6-18(7-5-16)29-15-21(22(23,24)25)30-11-12-31-21/h3-9,14H,1,10-13,15H2,2H3. The normalized spacial score (nSPS) is 15.4. The second-order valence-electron chi connectivity index (χ2n) is 6.99. The minimum Gasteiger partial charge on any atom is -0.488 e. The van der Waals surface area contributed by atoms with Gasteiger partial charge in [-0.05, 0) is 41.8 Å². The number of hydrogen-bond acceptors (Lipinski definition) is 6. The van der Waals surface area contributed by atoms with Gasteiger partial charge in [0, 0.05) is 13.2 Å². The summed E-state index contributed by atoms with van der Waals surface area (Å²) in [6.45, 7) is 2.63. The van der Waals surface area contributed by atoms with Crippen LogP contribution in [0.4, 0.5) is 13.2 Å². The van der Waals surface area contributed by atoms with Crippen molar-refractivity contribution in [3.8, 4) is 5.75 Å². The lowest BCUT2D eigenvalue weighted by molar-refractivity contribution is -0.350. The zero-order valence-corrected chi connectivity index (χ0v) is 17.4. The molecule has 1 saturated heterocycles. The van der Waals surface area contributed by atoms with Gasteiger partial charge in [-0.3, -0.25) is 14.6 Å². The fourth-order valence-electron chi connectivity index (χ4n) is 2.99. The van der Waals surface area contributed by atoms with Crippen LogP contribution in [0.1, 0.15) is 21.6 Å². The van der Waals surface area contributed by atoms with Crippen molar-refractivity contribution in [1.82, 2.24) is 10.0 Å². The average molecular weight is 452 g/mol. The monoisotopic (exact) mass is 452 g/mol. The Hall–Kier alpha value is -2.95. The van der Waals surface area contributed by atoms with Gasteiger partial charge in [0.25, 0.3) is 5.91 Å². The molecule has 1 amide bonds. The first kappa shape index (κ1) is 23.7. The highest BCUT2D eigenvalue weighted by Gasteiger charge is 2.61. The van der Waals surface area contributed by atoms with Gasteiger partial charge < -0.3 is 14.2 Å². The summed E-state index contributed by atoms with van der Waals surface area (Å²) in [5, 5.41) is 1.09. The maximum Gasteiger partial charge on any atom is 0.447 e. The Kier molecular flexibility index (Phi) is 7.49. The molecule has 1 aromatic heterocycles. The largest absolute Gasteiger partial charge is 0.488 e. The fraction of sp³-hybridized carbons (Fsp3) is 0.364. The molecule has 2 heterocycles. The molecule has 1 aliphatic heterocycles. The van der Waals surface area contributed by atoms with E-state index in [2.05, 4.69) is 11.6 Å². The van der Waals surface area contributed by atoms with Crippen LogP contribution in [0, 0.1) is 0 Å². The third kappa shape index (κ3) is 5.64. The van der Waals surface area contributed by atoms with E-state index in [1.807, 2.05) is 0 Å². The molecule has 172 valence electrons. The lowest BCUT2D eigenvalue weighted by Gasteiger charge is -2.29. The summed E-state index contributed by atoms with van der Waals surface area (Å²) in [7, 11) is 1.49. The third-order valence-electron chi connectivity index (χ3n) is 4.66. The van der Waals surface area contributed by atoms with Crippen molar-refractivity contribution >= 4 is 5.91 Å². The van der Waals surface area contributed by atoms with Gasteiger partial charge in [0.05, 0.1) is 19.8 Å². The smallest absolute Gasteiger partial charge is 0.447 e. The van der Waals surface area contributed by atoms with Crippen LogP contribution in [0.3, 0.4) is 0 Å². The van der Waals surface area contributed by atoms with Crippen molar-refractivity contribution in [3.05, 3.63) is 72.1 Å². The zero-order chi connectivity index (χ0) is 23.2. The van der Waals surface area contributed by atoms with Gasteiger partial charge in [0.15, 0.2) is 6.61 Å². The maximum absolute atomic E-state index is 13.3. The Morgan fingerprint density at radius 1 is 1.22 bits per heavy atom. The summed E-state index contributed by atoms with van der Waals surface area (Å²) in [4.78, 5) is 21.6. The Balaban J connectivity index is 1.61. The highest BCUT2D eigenvalue weighted by Crippen LogP contribution is 2.38.